The number of carbonyl (C=O) groups excluding carboxylic acids is 1. The van der Waals surface area contributed by atoms with E-state index in [2.05, 4.69) is 4.98 Å². The Labute approximate surface area is 117 Å². The molecule has 0 aliphatic carbocycles. The van der Waals surface area contributed by atoms with Crippen LogP contribution in [0.2, 0.25) is 0 Å². The molecule has 1 aromatic heterocycles. The molecule has 8 heteroatoms. The van der Waals surface area contributed by atoms with Gasteiger partial charge in [0.1, 0.15) is 16.8 Å². The van der Waals surface area contributed by atoms with Gasteiger partial charge in [-0.3, -0.25) is 0 Å². The number of ether oxygens (including phenoxy) is 1. The lowest BCUT2D eigenvalue weighted by atomic mass is 10.0. The van der Waals surface area contributed by atoms with E-state index in [-0.39, 0.29) is 16.9 Å². The van der Waals surface area contributed by atoms with E-state index in [0.717, 1.165) is 12.8 Å². The molecule has 20 heavy (non-hydrogen) atoms. The fraction of sp³-hybridized carbons (Fsp3) is 0.500. The minimum absolute atomic E-state index is 0.0483. The van der Waals surface area contributed by atoms with Gasteiger partial charge in [0.05, 0.1) is 7.11 Å². The first-order valence-electron chi connectivity index (χ1n) is 6.27. The zero-order valence-corrected chi connectivity index (χ0v) is 12.0. The Morgan fingerprint density at radius 2 is 2.20 bits per heavy atom. The van der Waals surface area contributed by atoms with Crippen LogP contribution in [0.1, 0.15) is 19.3 Å². The first-order chi connectivity index (χ1) is 9.43. The fourth-order valence-corrected chi connectivity index (χ4v) is 2.75. The monoisotopic (exact) mass is 299 g/mol. The molecule has 1 aromatic rings. The van der Waals surface area contributed by atoms with Crippen LogP contribution >= 0.6 is 0 Å². The molecule has 2 N–H and O–H groups in total. The van der Waals surface area contributed by atoms with Crippen molar-refractivity contribution in [1.82, 2.24) is 4.98 Å². The SMILES string of the molecule is COC(=O)C1CCCCN1c1ccc(S(N)(=O)=O)cn1. The molecule has 0 amide bonds. The Kier molecular flexibility index (Phi) is 4.24. The van der Waals surface area contributed by atoms with E-state index in [1.54, 1.807) is 6.07 Å². The number of esters is 1. The van der Waals surface area contributed by atoms with Gasteiger partial charge in [-0.2, -0.15) is 0 Å². The van der Waals surface area contributed by atoms with Gasteiger partial charge in [-0.25, -0.2) is 23.3 Å². The molecule has 0 spiro atoms. The van der Waals surface area contributed by atoms with Crippen molar-refractivity contribution in [3.05, 3.63) is 18.3 Å². The van der Waals surface area contributed by atoms with E-state index >= 15 is 0 Å². The van der Waals surface area contributed by atoms with Gasteiger partial charge in [-0.05, 0) is 31.4 Å². The van der Waals surface area contributed by atoms with Crippen molar-refractivity contribution in [2.75, 3.05) is 18.6 Å². The van der Waals surface area contributed by atoms with Gasteiger partial charge in [-0.15, -0.1) is 0 Å². The van der Waals surface area contributed by atoms with Gasteiger partial charge in [0, 0.05) is 12.7 Å². The third-order valence-corrected chi connectivity index (χ3v) is 4.22. The van der Waals surface area contributed by atoms with E-state index < -0.39 is 10.0 Å². The smallest absolute Gasteiger partial charge is 0.328 e. The predicted molar refractivity (Wildman–Crippen MR) is 72.6 cm³/mol. The lowest BCUT2D eigenvalue weighted by Gasteiger charge is -2.34. The van der Waals surface area contributed by atoms with Gasteiger partial charge >= 0.3 is 5.97 Å². The summed E-state index contributed by atoms with van der Waals surface area (Å²) < 4.78 is 27.2. The minimum atomic E-state index is -3.76. The number of anilines is 1. The molecule has 1 fully saturated rings. The third kappa shape index (κ3) is 3.07. The minimum Gasteiger partial charge on any atom is -0.467 e. The molecule has 1 atom stereocenters. The molecule has 7 nitrogen and oxygen atoms in total. The lowest BCUT2D eigenvalue weighted by molar-refractivity contribution is -0.142. The summed E-state index contributed by atoms with van der Waals surface area (Å²) in [6.07, 6.45) is 3.80. The van der Waals surface area contributed by atoms with Crippen LogP contribution in [0, 0.1) is 0 Å². The number of hydrogen-bond donors (Lipinski definition) is 1. The zero-order valence-electron chi connectivity index (χ0n) is 11.2. The average Bonchev–Trinajstić information content (AvgIpc) is 2.45. The summed E-state index contributed by atoms with van der Waals surface area (Å²) in [5.74, 6) is 0.245. The fourth-order valence-electron chi connectivity index (χ4n) is 2.30. The highest BCUT2D eigenvalue weighted by Gasteiger charge is 2.30. The Balaban J connectivity index is 2.26. The van der Waals surface area contributed by atoms with Crippen LogP contribution in [0.5, 0.6) is 0 Å². The highest BCUT2D eigenvalue weighted by Crippen LogP contribution is 2.24. The second kappa shape index (κ2) is 5.76. The Hall–Kier alpha value is -1.67. The molecule has 2 rings (SSSR count). The number of pyridine rings is 1. The van der Waals surface area contributed by atoms with Crippen LogP contribution < -0.4 is 10.0 Å². The summed E-state index contributed by atoms with van der Waals surface area (Å²) in [5, 5.41) is 5.03. The molecule has 2 heterocycles. The Morgan fingerprint density at radius 1 is 1.45 bits per heavy atom. The largest absolute Gasteiger partial charge is 0.467 e. The zero-order chi connectivity index (χ0) is 14.8. The summed E-state index contributed by atoms with van der Waals surface area (Å²) in [6.45, 7) is 0.682. The highest BCUT2D eigenvalue weighted by atomic mass is 32.2. The summed E-state index contributed by atoms with van der Waals surface area (Å²) in [4.78, 5) is 17.7. The number of primary sulfonamides is 1. The van der Waals surface area contributed by atoms with Crippen molar-refractivity contribution in [3.63, 3.8) is 0 Å². The van der Waals surface area contributed by atoms with E-state index in [1.165, 1.54) is 19.4 Å². The number of hydrogen-bond acceptors (Lipinski definition) is 6. The third-order valence-electron chi connectivity index (χ3n) is 3.32. The number of carbonyl (C=O) groups is 1. The van der Waals surface area contributed by atoms with E-state index in [9.17, 15) is 13.2 Å². The molecule has 0 bridgehead atoms. The van der Waals surface area contributed by atoms with Crippen molar-refractivity contribution in [1.29, 1.82) is 0 Å². The molecule has 1 saturated heterocycles. The molecule has 1 unspecified atom stereocenters. The van der Waals surface area contributed by atoms with Crippen molar-refractivity contribution >= 4 is 21.8 Å². The quantitative estimate of drug-likeness (QED) is 0.803. The molecular formula is C12H17N3O4S. The lowest BCUT2D eigenvalue weighted by Crippen LogP contribution is -2.45. The van der Waals surface area contributed by atoms with Gasteiger partial charge in [0.25, 0.3) is 0 Å². The number of sulfonamides is 1. The molecule has 1 aliphatic rings. The summed E-state index contributed by atoms with van der Waals surface area (Å²) in [7, 11) is -2.40. The van der Waals surface area contributed by atoms with Crippen LogP contribution in [0.15, 0.2) is 23.2 Å². The van der Waals surface area contributed by atoms with E-state index in [1.807, 2.05) is 4.90 Å². The average molecular weight is 299 g/mol. The number of aromatic nitrogens is 1. The van der Waals surface area contributed by atoms with Crippen LogP contribution in [-0.2, 0) is 19.6 Å². The topological polar surface area (TPSA) is 103 Å². The summed E-state index contributed by atoms with van der Waals surface area (Å²) >= 11 is 0. The molecule has 1 aliphatic heterocycles. The summed E-state index contributed by atoms with van der Waals surface area (Å²) in [6, 6.07) is 2.57. The first kappa shape index (κ1) is 14.7. The normalized spacial score (nSPS) is 19.7. The standard InChI is InChI=1S/C12H17N3O4S/c1-19-12(16)10-4-2-3-7-15(10)11-6-5-9(8-14-11)20(13,17)18/h5-6,8,10H,2-4,7H2,1H3,(H2,13,17,18). The maximum Gasteiger partial charge on any atom is 0.328 e. The Bertz CT molecular complexity index is 585. The van der Waals surface area contributed by atoms with Crippen molar-refractivity contribution in [2.45, 2.75) is 30.2 Å². The number of rotatable bonds is 3. The van der Waals surface area contributed by atoms with Crippen molar-refractivity contribution < 1.29 is 17.9 Å². The second-order valence-corrected chi connectivity index (χ2v) is 6.19. The van der Waals surface area contributed by atoms with Gasteiger partial charge in [-0.1, -0.05) is 0 Å². The van der Waals surface area contributed by atoms with Gasteiger partial charge in [0.2, 0.25) is 10.0 Å². The van der Waals surface area contributed by atoms with Crippen LogP contribution in [0.4, 0.5) is 5.82 Å². The van der Waals surface area contributed by atoms with Crippen molar-refractivity contribution in [2.24, 2.45) is 5.14 Å². The first-order valence-corrected chi connectivity index (χ1v) is 7.81. The van der Waals surface area contributed by atoms with Gasteiger partial charge in [0.15, 0.2) is 0 Å². The number of nitrogens with two attached hydrogens (primary N) is 1. The van der Waals surface area contributed by atoms with Crippen LogP contribution in [-0.4, -0.2) is 39.1 Å². The van der Waals surface area contributed by atoms with Crippen molar-refractivity contribution in [3.8, 4) is 0 Å². The van der Waals surface area contributed by atoms with Crippen LogP contribution in [0.3, 0.4) is 0 Å². The highest BCUT2D eigenvalue weighted by molar-refractivity contribution is 7.89. The van der Waals surface area contributed by atoms with E-state index in [0.29, 0.717) is 18.8 Å². The molecule has 0 radical (unpaired) electrons. The molecule has 0 aromatic carbocycles. The number of piperidine rings is 1. The maximum absolute atomic E-state index is 11.8. The molecule has 110 valence electrons. The Morgan fingerprint density at radius 3 is 2.75 bits per heavy atom. The second-order valence-electron chi connectivity index (χ2n) is 4.63. The van der Waals surface area contributed by atoms with Gasteiger partial charge < -0.3 is 9.64 Å². The summed E-state index contributed by atoms with van der Waals surface area (Å²) in [5.41, 5.74) is 0. The van der Waals surface area contributed by atoms with Crippen LogP contribution in [0.25, 0.3) is 0 Å². The molecule has 0 saturated carbocycles. The number of methoxy groups -OCH3 is 1. The van der Waals surface area contributed by atoms with E-state index in [4.69, 9.17) is 9.88 Å². The predicted octanol–water partition coefficient (Wildman–Crippen LogP) is 0.261. The molecular weight excluding hydrogens is 282 g/mol. The number of nitrogens with zero attached hydrogens (tertiary/aromatic N) is 2. The maximum atomic E-state index is 11.8.